The summed E-state index contributed by atoms with van der Waals surface area (Å²) in [5.74, 6) is -0.0850. The third kappa shape index (κ3) is 3.86. The second-order valence-corrected chi connectivity index (χ2v) is 5.01. The smallest absolute Gasteiger partial charge is 0.317 e. The summed E-state index contributed by atoms with van der Waals surface area (Å²) in [6, 6.07) is 7.60. The zero-order valence-electron chi connectivity index (χ0n) is 12.1. The van der Waals surface area contributed by atoms with E-state index in [2.05, 4.69) is 11.0 Å². The Morgan fingerprint density at radius 3 is 2.86 bits per heavy atom. The van der Waals surface area contributed by atoms with Gasteiger partial charge >= 0.3 is 5.97 Å². The number of anilines is 1. The number of hydrogen-bond donors (Lipinski definition) is 1. The van der Waals surface area contributed by atoms with Gasteiger partial charge in [0.2, 0.25) is 0 Å². The number of hydrogen-bond acceptors (Lipinski definition) is 5. The van der Waals surface area contributed by atoms with Crippen molar-refractivity contribution < 1.29 is 14.6 Å². The van der Waals surface area contributed by atoms with Crippen LogP contribution in [0.25, 0.3) is 0 Å². The molecule has 2 rings (SSSR count). The van der Waals surface area contributed by atoms with Crippen molar-refractivity contribution in [2.45, 2.75) is 6.42 Å². The summed E-state index contributed by atoms with van der Waals surface area (Å²) in [6.07, 6.45) is 0.870. The fraction of sp³-hybridized carbons (Fsp3) is 0.467. The van der Waals surface area contributed by atoms with Gasteiger partial charge in [-0.05, 0) is 18.6 Å². The normalized spacial score (nSPS) is 16.1. The molecule has 0 spiro atoms. The number of rotatable bonds is 4. The lowest BCUT2D eigenvalue weighted by Crippen LogP contribution is -2.34. The van der Waals surface area contributed by atoms with Gasteiger partial charge in [0, 0.05) is 32.2 Å². The molecule has 21 heavy (non-hydrogen) atoms. The topological polar surface area (TPSA) is 76.8 Å². The van der Waals surface area contributed by atoms with E-state index in [-0.39, 0.29) is 6.54 Å². The Balaban J connectivity index is 2.15. The van der Waals surface area contributed by atoms with E-state index in [1.807, 2.05) is 11.0 Å². The molecule has 6 heteroatoms. The minimum Gasteiger partial charge on any atom is -0.497 e. The van der Waals surface area contributed by atoms with Gasteiger partial charge in [-0.15, -0.1) is 0 Å². The molecule has 1 N–H and O–H groups in total. The van der Waals surface area contributed by atoms with E-state index in [0.717, 1.165) is 30.9 Å². The van der Waals surface area contributed by atoms with Crippen LogP contribution >= 0.6 is 0 Å². The summed E-state index contributed by atoms with van der Waals surface area (Å²) in [5.41, 5.74) is 1.47. The summed E-state index contributed by atoms with van der Waals surface area (Å²) in [5, 5.41) is 18.1. The van der Waals surface area contributed by atoms with Crippen molar-refractivity contribution in [3.8, 4) is 11.8 Å². The predicted molar refractivity (Wildman–Crippen MR) is 78.6 cm³/mol. The Bertz CT molecular complexity index is 554. The molecule has 1 aromatic carbocycles. The second-order valence-electron chi connectivity index (χ2n) is 5.01. The second kappa shape index (κ2) is 6.95. The molecule has 0 atom stereocenters. The summed E-state index contributed by atoms with van der Waals surface area (Å²) >= 11 is 0. The molecule has 0 unspecified atom stereocenters. The molecule has 0 amide bonds. The van der Waals surface area contributed by atoms with E-state index in [4.69, 9.17) is 9.84 Å². The molecule has 0 radical (unpaired) electrons. The maximum atomic E-state index is 10.8. The van der Waals surface area contributed by atoms with Gasteiger partial charge in [-0.3, -0.25) is 9.69 Å². The minimum absolute atomic E-state index is 0.0665. The molecular weight excluding hydrogens is 270 g/mol. The molecule has 0 bridgehead atoms. The van der Waals surface area contributed by atoms with Gasteiger partial charge in [-0.25, -0.2) is 0 Å². The molecule has 1 heterocycles. The first-order chi connectivity index (χ1) is 10.1. The lowest BCUT2D eigenvalue weighted by Gasteiger charge is -2.24. The van der Waals surface area contributed by atoms with Crippen LogP contribution in [0.5, 0.6) is 5.75 Å². The number of carboxylic acids is 1. The van der Waals surface area contributed by atoms with Gasteiger partial charge in [0.05, 0.1) is 24.9 Å². The average molecular weight is 289 g/mol. The quantitative estimate of drug-likeness (QED) is 0.896. The highest BCUT2D eigenvalue weighted by molar-refractivity contribution is 5.69. The fourth-order valence-corrected chi connectivity index (χ4v) is 2.56. The summed E-state index contributed by atoms with van der Waals surface area (Å²) in [4.78, 5) is 14.9. The van der Waals surface area contributed by atoms with Crippen molar-refractivity contribution in [2.75, 3.05) is 44.7 Å². The average Bonchev–Trinajstić information content (AvgIpc) is 2.71. The molecule has 0 aliphatic carbocycles. The van der Waals surface area contributed by atoms with Crippen LogP contribution in [0.4, 0.5) is 5.69 Å². The van der Waals surface area contributed by atoms with E-state index < -0.39 is 5.97 Å². The Hall–Kier alpha value is -2.26. The third-order valence-corrected chi connectivity index (χ3v) is 3.61. The van der Waals surface area contributed by atoms with Crippen LogP contribution < -0.4 is 9.64 Å². The number of carboxylic acid groups (broad SMARTS) is 1. The number of nitriles is 1. The van der Waals surface area contributed by atoms with Crippen molar-refractivity contribution in [1.29, 1.82) is 5.26 Å². The highest BCUT2D eigenvalue weighted by atomic mass is 16.5. The molecule has 0 aromatic heterocycles. The molecule has 1 aromatic rings. The largest absolute Gasteiger partial charge is 0.497 e. The van der Waals surface area contributed by atoms with E-state index >= 15 is 0 Å². The molecular formula is C15H19N3O3. The van der Waals surface area contributed by atoms with Crippen molar-refractivity contribution in [3.63, 3.8) is 0 Å². The lowest BCUT2D eigenvalue weighted by molar-refractivity contribution is -0.138. The fourth-order valence-electron chi connectivity index (χ4n) is 2.56. The van der Waals surface area contributed by atoms with Gasteiger partial charge in [-0.2, -0.15) is 5.26 Å². The van der Waals surface area contributed by atoms with Crippen molar-refractivity contribution in [3.05, 3.63) is 23.8 Å². The number of ether oxygens (including phenoxy) is 1. The third-order valence-electron chi connectivity index (χ3n) is 3.61. The SMILES string of the molecule is COc1ccc(C#N)c(N2CCCN(CC(=O)O)CC2)c1. The molecule has 6 nitrogen and oxygen atoms in total. The highest BCUT2D eigenvalue weighted by Crippen LogP contribution is 2.26. The van der Waals surface area contributed by atoms with Crippen LogP contribution in [0.15, 0.2) is 18.2 Å². The van der Waals surface area contributed by atoms with E-state index in [9.17, 15) is 10.1 Å². The van der Waals surface area contributed by atoms with Crippen LogP contribution in [0.1, 0.15) is 12.0 Å². The molecule has 1 aliphatic rings. The Kier molecular flexibility index (Phi) is 5.01. The van der Waals surface area contributed by atoms with E-state index in [1.165, 1.54) is 0 Å². The first kappa shape index (κ1) is 15.1. The minimum atomic E-state index is -0.803. The number of nitrogens with zero attached hydrogens (tertiary/aromatic N) is 3. The van der Waals surface area contributed by atoms with Crippen LogP contribution in [0.3, 0.4) is 0 Å². The summed E-state index contributed by atoms with van der Waals surface area (Å²) in [7, 11) is 1.60. The number of aliphatic carboxylic acids is 1. The number of carbonyl (C=O) groups is 1. The molecule has 112 valence electrons. The maximum Gasteiger partial charge on any atom is 0.317 e. The first-order valence-corrected chi connectivity index (χ1v) is 6.91. The standard InChI is InChI=1S/C15H19N3O3/c1-21-13-4-3-12(10-16)14(9-13)18-6-2-5-17(7-8-18)11-15(19)20/h3-4,9H,2,5-8,11H2,1H3,(H,19,20). The van der Waals surface area contributed by atoms with Crippen molar-refractivity contribution in [2.24, 2.45) is 0 Å². The van der Waals surface area contributed by atoms with Crippen LogP contribution in [0.2, 0.25) is 0 Å². The van der Waals surface area contributed by atoms with Gasteiger partial charge < -0.3 is 14.7 Å². The Labute approximate surface area is 124 Å². The van der Waals surface area contributed by atoms with Crippen LogP contribution in [-0.4, -0.2) is 55.8 Å². The predicted octanol–water partition coefficient (Wildman–Crippen LogP) is 1.16. The van der Waals surface area contributed by atoms with Gasteiger partial charge in [-0.1, -0.05) is 0 Å². The Morgan fingerprint density at radius 2 is 2.19 bits per heavy atom. The first-order valence-electron chi connectivity index (χ1n) is 6.91. The summed E-state index contributed by atoms with van der Waals surface area (Å²) < 4.78 is 5.23. The van der Waals surface area contributed by atoms with E-state index in [0.29, 0.717) is 18.7 Å². The monoisotopic (exact) mass is 289 g/mol. The zero-order chi connectivity index (χ0) is 15.2. The summed E-state index contributed by atoms with van der Waals surface area (Å²) in [6.45, 7) is 3.01. The molecule has 1 aliphatic heterocycles. The van der Waals surface area contributed by atoms with Crippen LogP contribution in [0, 0.1) is 11.3 Å². The zero-order valence-corrected chi connectivity index (χ0v) is 12.1. The van der Waals surface area contributed by atoms with Crippen molar-refractivity contribution >= 4 is 11.7 Å². The van der Waals surface area contributed by atoms with Crippen LogP contribution in [-0.2, 0) is 4.79 Å². The van der Waals surface area contributed by atoms with Gasteiger partial charge in [0.1, 0.15) is 11.8 Å². The molecule has 0 saturated carbocycles. The van der Waals surface area contributed by atoms with Gasteiger partial charge in [0.25, 0.3) is 0 Å². The number of methoxy groups -OCH3 is 1. The maximum absolute atomic E-state index is 10.8. The lowest BCUT2D eigenvalue weighted by atomic mass is 10.1. The van der Waals surface area contributed by atoms with E-state index in [1.54, 1.807) is 19.2 Å². The molecule has 1 fully saturated rings. The highest BCUT2D eigenvalue weighted by Gasteiger charge is 2.19. The van der Waals surface area contributed by atoms with Crippen molar-refractivity contribution in [1.82, 2.24) is 4.90 Å². The molecule has 1 saturated heterocycles. The Morgan fingerprint density at radius 1 is 1.38 bits per heavy atom. The number of benzene rings is 1. The van der Waals surface area contributed by atoms with Gasteiger partial charge in [0.15, 0.2) is 0 Å².